The van der Waals surface area contributed by atoms with E-state index in [9.17, 15) is 0 Å². The van der Waals surface area contributed by atoms with Crippen LogP contribution in [-0.2, 0) is 5.41 Å². The first-order valence-corrected chi connectivity index (χ1v) is 20.3. The van der Waals surface area contributed by atoms with Crippen molar-refractivity contribution in [3.8, 4) is 67.3 Å². The molecule has 2 nitrogen and oxygen atoms in total. The van der Waals surface area contributed by atoms with Gasteiger partial charge >= 0.3 is 0 Å². The van der Waals surface area contributed by atoms with Gasteiger partial charge in [0.2, 0.25) is 0 Å². The van der Waals surface area contributed by atoms with E-state index in [1.54, 1.807) is 0 Å². The van der Waals surface area contributed by atoms with Crippen molar-refractivity contribution >= 4 is 31.5 Å². The molecule has 57 heavy (non-hydrogen) atoms. The molecule has 2 heterocycles. The number of hydrogen-bond acceptors (Lipinski definition) is 3. The Morgan fingerprint density at radius 2 is 1.02 bits per heavy atom. The molecule has 11 rings (SSSR count). The first-order valence-electron chi connectivity index (χ1n) is 19.5. The summed E-state index contributed by atoms with van der Waals surface area (Å²) in [5, 5.41) is 2.53. The van der Waals surface area contributed by atoms with E-state index in [1.807, 2.05) is 17.4 Å². The number of hydrogen-bond donors (Lipinski definition) is 0. The molecule has 1 aliphatic carbocycles. The van der Waals surface area contributed by atoms with Crippen LogP contribution in [-0.4, -0.2) is 9.97 Å². The molecular formula is C54H36N2S. The van der Waals surface area contributed by atoms with Crippen LogP contribution < -0.4 is 0 Å². The van der Waals surface area contributed by atoms with Gasteiger partial charge in [-0.1, -0.05) is 170 Å². The highest BCUT2D eigenvalue weighted by Crippen LogP contribution is 2.56. The van der Waals surface area contributed by atoms with Crippen molar-refractivity contribution in [3.05, 3.63) is 217 Å². The van der Waals surface area contributed by atoms with Gasteiger partial charge in [-0.05, 0) is 87.3 Å². The molecular weight excluding hydrogens is 709 g/mol. The molecule has 8 aromatic carbocycles. The van der Waals surface area contributed by atoms with Crippen molar-refractivity contribution in [1.82, 2.24) is 9.97 Å². The molecule has 0 spiro atoms. The standard InChI is InChI=1S/C54H36N2S/c1-54(39-20-9-4-10-21-39)46-26-15-25-41(35-16-5-2-6-17-35)52(46)44-30-28-37(33-47(44)54)40-22-11-12-23-42(40)49-34-48(55-53(56-49)36-18-7-3-8-19-36)38-29-31-51-45(32-38)43-24-13-14-27-50(43)57-51/h2-34H,1H3. The second-order valence-electron chi connectivity index (χ2n) is 15.0. The lowest BCUT2D eigenvalue weighted by molar-refractivity contribution is 0.714. The lowest BCUT2D eigenvalue weighted by Gasteiger charge is -2.29. The zero-order valence-electron chi connectivity index (χ0n) is 31.4. The van der Waals surface area contributed by atoms with Crippen molar-refractivity contribution in [3.63, 3.8) is 0 Å². The molecule has 0 N–H and O–H groups in total. The van der Waals surface area contributed by atoms with E-state index in [-0.39, 0.29) is 5.41 Å². The van der Waals surface area contributed by atoms with Gasteiger partial charge in [-0.15, -0.1) is 11.3 Å². The monoisotopic (exact) mass is 744 g/mol. The molecule has 268 valence electrons. The Balaban J connectivity index is 1.10. The molecule has 2 aromatic heterocycles. The lowest BCUT2D eigenvalue weighted by Crippen LogP contribution is -2.22. The number of aromatic nitrogens is 2. The SMILES string of the molecule is CC1(c2ccccc2)c2cc(-c3ccccc3-c3cc(-c4ccc5sc6ccccc6c5c4)nc(-c4ccccc4)n3)ccc2-c2c(-c3ccccc3)cccc21. The minimum absolute atomic E-state index is 0.352. The van der Waals surface area contributed by atoms with Gasteiger partial charge in [-0.25, -0.2) is 9.97 Å². The molecule has 3 heteroatoms. The Kier molecular flexibility index (Phi) is 7.84. The number of fused-ring (bicyclic) bond motifs is 6. The zero-order chi connectivity index (χ0) is 37.9. The van der Waals surface area contributed by atoms with Crippen molar-refractivity contribution < 1.29 is 0 Å². The molecule has 0 bridgehead atoms. The summed E-state index contributed by atoms with van der Waals surface area (Å²) in [6, 6.07) is 72.3. The van der Waals surface area contributed by atoms with Gasteiger partial charge in [0, 0.05) is 42.3 Å². The Morgan fingerprint density at radius 3 is 1.82 bits per heavy atom. The summed E-state index contributed by atoms with van der Waals surface area (Å²) in [7, 11) is 0. The summed E-state index contributed by atoms with van der Waals surface area (Å²) in [5.41, 5.74) is 15.9. The normalized spacial score (nSPS) is 14.5. The fourth-order valence-electron chi connectivity index (χ4n) is 8.98. The highest BCUT2D eigenvalue weighted by atomic mass is 32.1. The smallest absolute Gasteiger partial charge is 0.160 e. The molecule has 1 atom stereocenters. The number of thiophene rings is 1. The fourth-order valence-corrected chi connectivity index (χ4v) is 10.1. The van der Waals surface area contributed by atoms with Gasteiger partial charge in [0.05, 0.1) is 11.4 Å². The predicted octanol–water partition coefficient (Wildman–Crippen LogP) is 14.5. The quantitative estimate of drug-likeness (QED) is 0.169. The van der Waals surface area contributed by atoms with Crippen LogP contribution >= 0.6 is 11.3 Å². The Morgan fingerprint density at radius 1 is 0.386 bits per heavy atom. The fraction of sp³-hybridized carbons (Fsp3) is 0.0370. The van der Waals surface area contributed by atoms with Crippen LogP contribution in [0.5, 0.6) is 0 Å². The van der Waals surface area contributed by atoms with Crippen molar-refractivity contribution in [2.75, 3.05) is 0 Å². The molecule has 1 aliphatic rings. The second-order valence-corrected chi connectivity index (χ2v) is 16.1. The number of benzene rings is 8. The minimum atomic E-state index is -0.352. The van der Waals surface area contributed by atoms with Gasteiger partial charge in [-0.2, -0.15) is 0 Å². The number of nitrogens with zero attached hydrogens (tertiary/aromatic N) is 2. The van der Waals surface area contributed by atoms with Gasteiger partial charge in [0.1, 0.15) is 0 Å². The Bertz CT molecular complexity index is 3130. The maximum Gasteiger partial charge on any atom is 0.160 e. The summed E-state index contributed by atoms with van der Waals surface area (Å²) in [5.74, 6) is 0.711. The van der Waals surface area contributed by atoms with Crippen LogP contribution in [0.15, 0.2) is 200 Å². The molecule has 0 saturated carbocycles. The van der Waals surface area contributed by atoms with Crippen molar-refractivity contribution in [1.29, 1.82) is 0 Å². The van der Waals surface area contributed by atoms with Crippen LogP contribution in [0.3, 0.4) is 0 Å². The average Bonchev–Trinajstić information content (AvgIpc) is 3.79. The Labute approximate surface area is 336 Å². The first kappa shape index (κ1) is 33.4. The zero-order valence-corrected chi connectivity index (χ0v) is 32.2. The van der Waals surface area contributed by atoms with Crippen molar-refractivity contribution in [2.45, 2.75) is 12.3 Å². The van der Waals surface area contributed by atoms with Crippen LogP contribution in [0, 0.1) is 0 Å². The molecule has 0 aliphatic heterocycles. The molecule has 0 radical (unpaired) electrons. The minimum Gasteiger partial charge on any atom is -0.228 e. The van der Waals surface area contributed by atoms with Crippen LogP contribution in [0.4, 0.5) is 0 Å². The molecule has 0 amide bonds. The van der Waals surface area contributed by atoms with E-state index in [0.717, 1.165) is 39.2 Å². The van der Waals surface area contributed by atoms with E-state index >= 15 is 0 Å². The van der Waals surface area contributed by atoms with Gasteiger partial charge in [-0.3, -0.25) is 0 Å². The third-order valence-electron chi connectivity index (χ3n) is 11.8. The summed E-state index contributed by atoms with van der Waals surface area (Å²) >= 11 is 1.83. The van der Waals surface area contributed by atoms with Gasteiger partial charge in [0.15, 0.2) is 5.82 Å². The van der Waals surface area contributed by atoms with E-state index in [0.29, 0.717) is 5.82 Å². The van der Waals surface area contributed by atoms with Crippen molar-refractivity contribution in [2.24, 2.45) is 0 Å². The summed E-state index contributed by atoms with van der Waals surface area (Å²) in [6.07, 6.45) is 0. The van der Waals surface area contributed by atoms with Gasteiger partial charge in [0.25, 0.3) is 0 Å². The average molecular weight is 745 g/mol. The van der Waals surface area contributed by atoms with Gasteiger partial charge < -0.3 is 0 Å². The van der Waals surface area contributed by atoms with E-state index in [1.165, 1.54) is 59.1 Å². The molecule has 0 fully saturated rings. The highest BCUT2D eigenvalue weighted by molar-refractivity contribution is 7.25. The maximum absolute atomic E-state index is 5.31. The van der Waals surface area contributed by atoms with E-state index in [4.69, 9.17) is 9.97 Å². The largest absolute Gasteiger partial charge is 0.228 e. The third-order valence-corrected chi connectivity index (χ3v) is 13.0. The number of rotatable bonds is 6. The third kappa shape index (κ3) is 5.46. The van der Waals surface area contributed by atoms with E-state index in [2.05, 4.69) is 201 Å². The lowest BCUT2D eigenvalue weighted by atomic mass is 9.73. The van der Waals surface area contributed by atoms with Crippen LogP contribution in [0.1, 0.15) is 23.6 Å². The topological polar surface area (TPSA) is 25.8 Å². The first-order chi connectivity index (χ1) is 28.1. The van der Waals surface area contributed by atoms with Crippen LogP contribution in [0.25, 0.3) is 87.5 Å². The maximum atomic E-state index is 5.31. The molecule has 1 unspecified atom stereocenters. The Hall–Kier alpha value is -6.94. The molecule has 10 aromatic rings. The second kappa shape index (κ2) is 13.4. The van der Waals surface area contributed by atoms with E-state index < -0.39 is 0 Å². The molecule has 0 saturated heterocycles. The highest BCUT2D eigenvalue weighted by Gasteiger charge is 2.42. The summed E-state index contributed by atoms with van der Waals surface area (Å²) in [4.78, 5) is 10.5. The van der Waals surface area contributed by atoms with Crippen LogP contribution in [0.2, 0.25) is 0 Å². The summed E-state index contributed by atoms with van der Waals surface area (Å²) < 4.78 is 2.57. The summed E-state index contributed by atoms with van der Waals surface area (Å²) in [6.45, 7) is 2.40. The predicted molar refractivity (Wildman–Crippen MR) is 240 cm³/mol.